The van der Waals surface area contributed by atoms with Crippen molar-refractivity contribution in [3.63, 3.8) is 0 Å². The van der Waals surface area contributed by atoms with E-state index in [1.807, 2.05) is 13.0 Å². The van der Waals surface area contributed by atoms with Crippen molar-refractivity contribution < 1.29 is 4.79 Å². The summed E-state index contributed by atoms with van der Waals surface area (Å²) in [6, 6.07) is 6.85. The van der Waals surface area contributed by atoms with E-state index >= 15 is 0 Å². The van der Waals surface area contributed by atoms with E-state index in [9.17, 15) is 4.79 Å². The summed E-state index contributed by atoms with van der Waals surface area (Å²) in [5.74, 6) is 0.259. The molecule has 18 heavy (non-hydrogen) atoms. The summed E-state index contributed by atoms with van der Waals surface area (Å²) in [5, 5.41) is 15.2. The lowest BCUT2D eigenvalue weighted by Crippen LogP contribution is -2.48. The monoisotopic (exact) mass is 263 g/mol. The molecule has 0 aliphatic carbocycles. The molecule has 94 valence electrons. The fourth-order valence-corrected chi connectivity index (χ4v) is 1.98. The number of benzene rings is 1. The molecule has 1 aromatic rings. The van der Waals surface area contributed by atoms with E-state index in [0.717, 1.165) is 13.1 Å². The van der Waals surface area contributed by atoms with E-state index < -0.39 is 0 Å². The largest absolute Gasteiger partial charge is 0.324 e. The normalized spacial score (nSPS) is 16.5. The van der Waals surface area contributed by atoms with Gasteiger partial charge in [0.05, 0.1) is 22.3 Å². The van der Waals surface area contributed by atoms with Crippen molar-refractivity contribution in [2.45, 2.75) is 6.92 Å². The third-order valence-electron chi connectivity index (χ3n) is 3.29. The van der Waals surface area contributed by atoms with Gasteiger partial charge in [-0.2, -0.15) is 5.26 Å². The van der Waals surface area contributed by atoms with Gasteiger partial charge in [0.1, 0.15) is 0 Å². The first kappa shape index (κ1) is 12.9. The van der Waals surface area contributed by atoms with Gasteiger partial charge in [0, 0.05) is 5.92 Å². The first-order chi connectivity index (χ1) is 8.61. The van der Waals surface area contributed by atoms with Gasteiger partial charge in [-0.05, 0) is 37.2 Å². The average Bonchev–Trinajstić information content (AvgIpc) is 2.29. The van der Waals surface area contributed by atoms with Crippen LogP contribution in [0.4, 0.5) is 5.69 Å². The Morgan fingerprint density at radius 3 is 2.89 bits per heavy atom. The van der Waals surface area contributed by atoms with E-state index in [-0.39, 0.29) is 11.8 Å². The molecule has 1 fully saturated rings. The van der Waals surface area contributed by atoms with Crippen molar-refractivity contribution >= 4 is 23.2 Å². The third kappa shape index (κ3) is 2.63. The molecule has 1 atom stereocenters. The van der Waals surface area contributed by atoms with E-state index in [2.05, 4.69) is 10.6 Å². The van der Waals surface area contributed by atoms with Gasteiger partial charge in [-0.1, -0.05) is 18.5 Å². The van der Waals surface area contributed by atoms with Gasteiger partial charge in [-0.15, -0.1) is 0 Å². The van der Waals surface area contributed by atoms with Gasteiger partial charge in [-0.3, -0.25) is 4.79 Å². The number of hydrogen-bond acceptors (Lipinski definition) is 3. The molecule has 0 bridgehead atoms. The number of halogens is 1. The maximum Gasteiger partial charge on any atom is 0.227 e. The first-order valence-electron chi connectivity index (χ1n) is 5.83. The molecule has 2 N–H and O–H groups in total. The molecule has 4 nitrogen and oxygen atoms in total. The fraction of sp³-hybridized carbons (Fsp3) is 0.385. The molecule has 0 saturated carbocycles. The van der Waals surface area contributed by atoms with Crippen LogP contribution in [0.5, 0.6) is 0 Å². The Hall–Kier alpha value is -1.57. The van der Waals surface area contributed by atoms with Crippen LogP contribution >= 0.6 is 11.6 Å². The van der Waals surface area contributed by atoms with Crippen molar-refractivity contribution in [1.82, 2.24) is 5.32 Å². The summed E-state index contributed by atoms with van der Waals surface area (Å²) >= 11 is 5.99. The lowest BCUT2D eigenvalue weighted by atomic mass is 9.88. The number of amides is 1. The maximum atomic E-state index is 12.0. The number of nitrogens with one attached hydrogen (secondary N) is 2. The van der Waals surface area contributed by atoms with E-state index in [1.54, 1.807) is 18.2 Å². The Morgan fingerprint density at radius 1 is 1.61 bits per heavy atom. The molecule has 1 amide bonds. The summed E-state index contributed by atoms with van der Waals surface area (Å²) < 4.78 is 0. The molecule has 0 radical (unpaired) electrons. The van der Waals surface area contributed by atoms with Gasteiger partial charge in [0.2, 0.25) is 5.91 Å². The highest BCUT2D eigenvalue weighted by Crippen LogP contribution is 2.25. The lowest BCUT2D eigenvalue weighted by molar-refractivity contribution is -0.121. The number of carbonyl (C=O) groups excluding carboxylic acids is 1. The van der Waals surface area contributed by atoms with Crippen molar-refractivity contribution in [1.29, 1.82) is 5.26 Å². The van der Waals surface area contributed by atoms with Crippen molar-refractivity contribution in [3.8, 4) is 6.07 Å². The average molecular weight is 264 g/mol. The van der Waals surface area contributed by atoms with Crippen LogP contribution in [-0.4, -0.2) is 19.0 Å². The van der Waals surface area contributed by atoms with Crippen LogP contribution in [0.15, 0.2) is 18.2 Å². The Balaban J connectivity index is 2.08. The van der Waals surface area contributed by atoms with Crippen LogP contribution in [-0.2, 0) is 4.79 Å². The minimum Gasteiger partial charge on any atom is -0.324 e. The Labute approximate surface area is 111 Å². The second kappa shape index (κ2) is 5.38. The number of nitrogens with zero attached hydrogens (tertiary/aromatic N) is 1. The fourth-order valence-electron chi connectivity index (χ4n) is 1.82. The summed E-state index contributed by atoms with van der Waals surface area (Å²) in [7, 11) is 0. The van der Waals surface area contributed by atoms with Gasteiger partial charge >= 0.3 is 0 Å². The third-order valence-corrected chi connectivity index (χ3v) is 3.62. The number of anilines is 1. The topological polar surface area (TPSA) is 64.9 Å². The molecule has 0 spiro atoms. The quantitative estimate of drug-likeness (QED) is 0.877. The molecule has 1 aliphatic rings. The van der Waals surface area contributed by atoms with Gasteiger partial charge in [0.25, 0.3) is 0 Å². The van der Waals surface area contributed by atoms with Crippen LogP contribution in [0.2, 0.25) is 5.02 Å². The first-order valence-corrected chi connectivity index (χ1v) is 6.21. The number of nitriles is 1. The molecule has 0 aromatic heterocycles. The molecule has 1 heterocycles. The zero-order chi connectivity index (χ0) is 13.1. The van der Waals surface area contributed by atoms with Gasteiger partial charge < -0.3 is 10.6 Å². The summed E-state index contributed by atoms with van der Waals surface area (Å²) in [6.07, 6.45) is 0. The zero-order valence-corrected chi connectivity index (χ0v) is 10.8. The van der Waals surface area contributed by atoms with Crippen molar-refractivity contribution in [2.75, 3.05) is 18.4 Å². The van der Waals surface area contributed by atoms with Crippen LogP contribution in [0.1, 0.15) is 12.5 Å². The smallest absolute Gasteiger partial charge is 0.227 e. The highest BCUT2D eigenvalue weighted by Gasteiger charge is 2.28. The van der Waals surface area contributed by atoms with Crippen LogP contribution in [0, 0.1) is 23.2 Å². The van der Waals surface area contributed by atoms with Gasteiger partial charge in [0.15, 0.2) is 0 Å². The second-order valence-electron chi connectivity index (χ2n) is 4.50. The van der Waals surface area contributed by atoms with E-state index in [1.165, 1.54) is 0 Å². The maximum absolute atomic E-state index is 12.0. The van der Waals surface area contributed by atoms with Crippen LogP contribution < -0.4 is 10.6 Å². The van der Waals surface area contributed by atoms with E-state index in [4.69, 9.17) is 16.9 Å². The number of rotatable bonds is 3. The van der Waals surface area contributed by atoms with Crippen molar-refractivity contribution in [2.24, 2.45) is 11.8 Å². The molecular weight excluding hydrogens is 250 g/mol. The van der Waals surface area contributed by atoms with Crippen molar-refractivity contribution in [3.05, 3.63) is 28.8 Å². The SMILES string of the molecule is CC(C(=O)Nc1cc(C#N)ccc1Cl)C1CNC1. The Bertz CT molecular complexity index is 505. The summed E-state index contributed by atoms with van der Waals surface area (Å²) in [4.78, 5) is 12.0. The molecular formula is C13H14ClN3O. The highest BCUT2D eigenvalue weighted by atomic mass is 35.5. The minimum absolute atomic E-state index is 0.0570. The molecule has 5 heteroatoms. The van der Waals surface area contributed by atoms with Crippen LogP contribution in [0.3, 0.4) is 0 Å². The summed E-state index contributed by atoms with van der Waals surface area (Å²) in [6.45, 7) is 3.66. The molecule has 1 saturated heterocycles. The van der Waals surface area contributed by atoms with Crippen LogP contribution in [0.25, 0.3) is 0 Å². The predicted octanol–water partition coefficient (Wildman–Crippen LogP) is 2.01. The molecule has 1 aliphatic heterocycles. The Morgan fingerprint density at radius 2 is 2.33 bits per heavy atom. The number of hydrogen-bond donors (Lipinski definition) is 2. The summed E-state index contributed by atoms with van der Waals surface area (Å²) in [5.41, 5.74) is 0.979. The molecule has 2 rings (SSSR count). The zero-order valence-electron chi connectivity index (χ0n) is 10.0. The molecule has 1 unspecified atom stereocenters. The number of carbonyl (C=O) groups is 1. The predicted molar refractivity (Wildman–Crippen MR) is 70.3 cm³/mol. The second-order valence-corrected chi connectivity index (χ2v) is 4.91. The standard InChI is InChI=1S/C13H14ClN3O/c1-8(10-6-16-7-10)13(18)17-12-4-9(5-15)2-3-11(12)14/h2-4,8,10,16H,6-7H2,1H3,(H,17,18). The lowest BCUT2D eigenvalue weighted by Gasteiger charge is -2.31. The van der Waals surface area contributed by atoms with Gasteiger partial charge in [-0.25, -0.2) is 0 Å². The molecule has 1 aromatic carbocycles. The highest BCUT2D eigenvalue weighted by molar-refractivity contribution is 6.33. The Kier molecular flexibility index (Phi) is 3.85. The van der Waals surface area contributed by atoms with E-state index in [0.29, 0.717) is 22.2 Å². The minimum atomic E-state index is -0.0620.